The van der Waals surface area contributed by atoms with Gasteiger partial charge in [0.15, 0.2) is 0 Å². The van der Waals surface area contributed by atoms with Gasteiger partial charge in [-0.05, 0) is 23.6 Å². The minimum Gasteiger partial charge on any atom is -0.0697 e. The number of benzene rings is 1. The lowest BCUT2D eigenvalue weighted by molar-refractivity contribution is 1.02. The quantitative estimate of drug-likeness (QED) is 0.647. The smallest absolute Gasteiger partial charge is 0.0651 e. The van der Waals surface area contributed by atoms with Crippen LogP contribution in [0.3, 0.4) is 0 Å². The maximum atomic E-state index is 2.43. The Morgan fingerprint density at radius 1 is 1.06 bits per heavy atom. The van der Waals surface area contributed by atoms with Gasteiger partial charge in [-0.25, -0.2) is 0 Å². The normalized spacial score (nSPS) is 21.6. The fraction of sp³-hybridized carbons (Fsp3) is 0.250. The van der Waals surface area contributed by atoms with Crippen LogP contribution in [0.15, 0.2) is 52.8 Å². The van der Waals surface area contributed by atoms with Gasteiger partial charge in [0.25, 0.3) is 0 Å². The summed E-state index contributed by atoms with van der Waals surface area (Å²) in [5.41, 5.74) is 5.90. The van der Waals surface area contributed by atoms with E-state index < -0.39 is 8.80 Å². The molecule has 0 fully saturated rings. The van der Waals surface area contributed by atoms with Gasteiger partial charge in [0.05, 0.1) is 8.80 Å². The maximum absolute atomic E-state index is 2.43. The van der Waals surface area contributed by atoms with Gasteiger partial charge in [-0.3, -0.25) is 0 Å². The molecule has 0 bridgehead atoms. The molecule has 2 aliphatic carbocycles. The molecule has 0 radical (unpaired) electrons. The Hall–Kier alpha value is -1.34. The van der Waals surface area contributed by atoms with E-state index >= 15 is 0 Å². The van der Waals surface area contributed by atoms with Crippen molar-refractivity contribution in [3.05, 3.63) is 63.9 Å². The molecule has 2 aliphatic rings. The molecule has 1 heteroatoms. The molecule has 17 heavy (non-hydrogen) atoms. The zero-order valence-corrected chi connectivity index (χ0v) is 11.9. The molecule has 1 aromatic carbocycles. The van der Waals surface area contributed by atoms with Crippen LogP contribution in [0.2, 0.25) is 13.1 Å². The van der Waals surface area contributed by atoms with Gasteiger partial charge in [-0.15, -0.1) is 0 Å². The molecule has 86 valence electrons. The molecule has 0 saturated carbocycles. The summed E-state index contributed by atoms with van der Waals surface area (Å²) in [6.45, 7) is 7.06. The van der Waals surface area contributed by atoms with E-state index in [0.717, 1.165) is 0 Å². The zero-order valence-electron chi connectivity index (χ0n) is 10.7. The van der Waals surface area contributed by atoms with Crippen molar-refractivity contribution in [2.75, 3.05) is 0 Å². The second kappa shape index (κ2) is 3.85. The molecule has 0 aliphatic heterocycles. The van der Waals surface area contributed by atoms with Crippen molar-refractivity contribution >= 4 is 14.9 Å². The first-order chi connectivity index (χ1) is 8.16. The molecule has 0 N–H and O–H groups in total. The first-order valence-electron chi connectivity index (χ1n) is 6.37. The molecule has 0 nitrogen and oxygen atoms in total. The summed E-state index contributed by atoms with van der Waals surface area (Å²) < 4.78 is 0. The second-order valence-corrected chi connectivity index (χ2v) is 8.30. The largest absolute Gasteiger partial charge is 0.0697 e. The van der Waals surface area contributed by atoms with Gasteiger partial charge >= 0.3 is 0 Å². The molecule has 0 aromatic heterocycles. The van der Waals surface area contributed by atoms with Crippen LogP contribution in [0.25, 0.3) is 6.08 Å². The Morgan fingerprint density at radius 2 is 1.82 bits per heavy atom. The average Bonchev–Trinajstić information content (AvgIpc) is 2.69. The summed E-state index contributed by atoms with van der Waals surface area (Å²) in [5.74, 6) is 0.529. The highest BCUT2D eigenvalue weighted by Crippen LogP contribution is 2.43. The van der Waals surface area contributed by atoms with Gasteiger partial charge < -0.3 is 0 Å². The highest BCUT2D eigenvalue weighted by molar-refractivity contribution is 6.66. The van der Waals surface area contributed by atoms with E-state index in [-0.39, 0.29) is 0 Å². The van der Waals surface area contributed by atoms with Crippen LogP contribution in [0.5, 0.6) is 0 Å². The summed E-state index contributed by atoms with van der Waals surface area (Å²) in [5, 5.41) is 1.64. The van der Waals surface area contributed by atoms with Gasteiger partial charge in [-0.1, -0.05) is 66.4 Å². The van der Waals surface area contributed by atoms with Gasteiger partial charge in [0.1, 0.15) is 0 Å². The Morgan fingerprint density at radius 3 is 2.59 bits per heavy atom. The minimum atomic E-state index is -0.752. The molecule has 1 unspecified atom stereocenters. The molecule has 0 saturated heterocycles. The topological polar surface area (TPSA) is 0 Å². The third kappa shape index (κ3) is 1.66. The molecule has 0 amide bonds. The van der Waals surface area contributed by atoms with E-state index in [0.29, 0.717) is 5.92 Å². The van der Waals surface area contributed by atoms with Crippen LogP contribution >= 0.6 is 0 Å². The SMILES string of the molecule is CC1=CC2C(=C1)C([SiH](C)C)=Cc1ccccc12. The molecule has 1 aromatic rings. The summed E-state index contributed by atoms with van der Waals surface area (Å²) in [6, 6.07) is 8.83. The third-order valence-corrected chi connectivity index (χ3v) is 5.49. The van der Waals surface area contributed by atoms with Crippen molar-refractivity contribution in [1.29, 1.82) is 0 Å². The lowest BCUT2D eigenvalue weighted by Crippen LogP contribution is -2.16. The van der Waals surface area contributed by atoms with Crippen LogP contribution in [-0.2, 0) is 0 Å². The van der Waals surface area contributed by atoms with E-state index in [1.165, 1.54) is 16.7 Å². The van der Waals surface area contributed by atoms with Crippen LogP contribution in [0.1, 0.15) is 24.0 Å². The van der Waals surface area contributed by atoms with E-state index in [4.69, 9.17) is 0 Å². The highest BCUT2D eigenvalue weighted by atomic mass is 28.3. The van der Waals surface area contributed by atoms with Crippen LogP contribution in [0, 0.1) is 0 Å². The van der Waals surface area contributed by atoms with Crippen molar-refractivity contribution < 1.29 is 0 Å². The van der Waals surface area contributed by atoms with Gasteiger partial charge in [0.2, 0.25) is 0 Å². The number of hydrogen-bond donors (Lipinski definition) is 0. The number of fused-ring (bicyclic) bond motifs is 3. The lowest BCUT2D eigenvalue weighted by Gasteiger charge is -2.26. The molecular weight excluding hydrogens is 220 g/mol. The van der Waals surface area contributed by atoms with Crippen LogP contribution in [-0.4, -0.2) is 8.80 Å². The fourth-order valence-electron chi connectivity index (χ4n) is 2.93. The summed E-state index contributed by atoms with van der Waals surface area (Å²) >= 11 is 0. The average molecular weight is 238 g/mol. The maximum Gasteiger partial charge on any atom is 0.0651 e. The fourth-order valence-corrected chi connectivity index (χ4v) is 4.37. The first-order valence-corrected chi connectivity index (χ1v) is 9.26. The van der Waals surface area contributed by atoms with Gasteiger partial charge in [-0.2, -0.15) is 0 Å². The van der Waals surface area contributed by atoms with E-state index in [1.807, 2.05) is 0 Å². The third-order valence-electron chi connectivity index (χ3n) is 3.75. The van der Waals surface area contributed by atoms with Gasteiger partial charge in [0, 0.05) is 5.92 Å². The Kier molecular flexibility index (Phi) is 2.44. The van der Waals surface area contributed by atoms with E-state index in [1.54, 1.807) is 10.8 Å². The lowest BCUT2D eigenvalue weighted by atomic mass is 9.85. The summed E-state index contributed by atoms with van der Waals surface area (Å²) in [6.07, 6.45) is 7.23. The van der Waals surface area contributed by atoms with E-state index in [9.17, 15) is 0 Å². The monoisotopic (exact) mass is 238 g/mol. The summed E-state index contributed by atoms with van der Waals surface area (Å²) in [4.78, 5) is 0. The van der Waals surface area contributed by atoms with Crippen LogP contribution < -0.4 is 0 Å². The van der Waals surface area contributed by atoms with Crippen molar-refractivity contribution in [3.8, 4) is 0 Å². The molecular formula is C16H18Si. The van der Waals surface area contributed by atoms with Crippen molar-refractivity contribution in [2.45, 2.75) is 25.9 Å². The second-order valence-electron chi connectivity index (χ2n) is 5.37. The Labute approximate surface area is 105 Å². The summed E-state index contributed by atoms with van der Waals surface area (Å²) in [7, 11) is -0.752. The highest BCUT2D eigenvalue weighted by Gasteiger charge is 2.28. The minimum absolute atomic E-state index is 0.529. The Bertz CT molecular complexity index is 559. The Balaban J connectivity index is 2.23. The van der Waals surface area contributed by atoms with Crippen molar-refractivity contribution in [1.82, 2.24) is 0 Å². The molecule has 3 rings (SSSR count). The standard InChI is InChI=1S/C16H18Si/c1-11-8-14-13-7-5-4-6-12(13)10-16(17(2)3)15(14)9-11/h4-10,14,17H,1-3H3. The number of rotatable bonds is 1. The predicted octanol–water partition coefficient (Wildman–Crippen LogP) is 4.08. The first kappa shape index (κ1) is 10.8. The van der Waals surface area contributed by atoms with Crippen molar-refractivity contribution in [3.63, 3.8) is 0 Å². The predicted molar refractivity (Wildman–Crippen MR) is 77.9 cm³/mol. The van der Waals surface area contributed by atoms with Crippen LogP contribution in [0.4, 0.5) is 0 Å². The zero-order chi connectivity index (χ0) is 12.0. The molecule has 1 atom stereocenters. The number of allylic oxidation sites excluding steroid dienone is 5. The van der Waals surface area contributed by atoms with E-state index in [2.05, 4.69) is 62.5 Å². The molecule has 0 heterocycles. The van der Waals surface area contributed by atoms with Crippen molar-refractivity contribution in [2.24, 2.45) is 0 Å². The molecule has 0 spiro atoms. The number of hydrogen-bond acceptors (Lipinski definition) is 0.